The number of anilines is 1. The number of fused-ring (bicyclic) bond motifs is 3. The van der Waals surface area contributed by atoms with Gasteiger partial charge in [0.2, 0.25) is 0 Å². The Hall–Kier alpha value is -2.96. The second-order valence-corrected chi connectivity index (χ2v) is 8.69. The second kappa shape index (κ2) is 7.07. The molecule has 0 saturated heterocycles. The lowest BCUT2D eigenvalue weighted by atomic mass is 9.83. The highest BCUT2D eigenvalue weighted by Crippen LogP contribution is 2.45. The van der Waals surface area contributed by atoms with Crippen LogP contribution in [0, 0.1) is 18.8 Å². The fraction of sp³-hybridized carbons (Fsp3) is 0.435. The van der Waals surface area contributed by atoms with Crippen LogP contribution in [0.1, 0.15) is 31.2 Å². The normalized spacial score (nSPS) is 25.6. The molecule has 0 aliphatic heterocycles. The number of aromatic hydroxyl groups is 1. The molecule has 5 rings (SSSR count). The van der Waals surface area contributed by atoms with Gasteiger partial charge in [-0.3, -0.25) is 4.79 Å². The molecule has 4 atom stereocenters. The number of phenolic OH excluding ortho intramolecular Hbond substituents is 1. The molecule has 1 aromatic carbocycles. The zero-order chi connectivity index (χ0) is 21.0. The number of hydrogen-bond donors (Lipinski definition) is 1. The first-order chi connectivity index (χ1) is 14.4. The minimum absolute atomic E-state index is 0.0439. The van der Waals surface area contributed by atoms with Crippen molar-refractivity contribution in [2.75, 3.05) is 11.9 Å². The van der Waals surface area contributed by atoms with E-state index in [2.05, 4.69) is 10.2 Å². The number of rotatable bonds is 3. The molecule has 6 nitrogen and oxygen atoms in total. The van der Waals surface area contributed by atoms with Crippen molar-refractivity contribution < 1.29 is 13.9 Å². The molecule has 2 aliphatic rings. The first-order valence-corrected chi connectivity index (χ1v) is 10.4. The summed E-state index contributed by atoms with van der Waals surface area (Å²) >= 11 is 0. The van der Waals surface area contributed by atoms with Gasteiger partial charge in [0.15, 0.2) is 11.2 Å². The number of aryl methyl sites for hydroxylation is 1. The average molecular weight is 409 g/mol. The van der Waals surface area contributed by atoms with Crippen LogP contribution in [0.15, 0.2) is 39.7 Å². The van der Waals surface area contributed by atoms with Gasteiger partial charge in [0.25, 0.3) is 0 Å². The number of halogens is 1. The molecule has 2 aliphatic carbocycles. The lowest BCUT2D eigenvalue weighted by molar-refractivity contribution is 0.144. The Morgan fingerprint density at radius 1 is 1.20 bits per heavy atom. The summed E-state index contributed by atoms with van der Waals surface area (Å²) in [5.41, 5.74) is 1.50. The highest BCUT2D eigenvalue weighted by atomic mass is 19.1. The fourth-order valence-electron chi connectivity index (χ4n) is 5.07. The summed E-state index contributed by atoms with van der Waals surface area (Å²) in [7, 11) is 1.87. The zero-order valence-corrected chi connectivity index (χ0v) is 17.0. The van der Waals surface area contributed by atoms with E-state index in [0.29, 0.717) is 39.5 Å². The van der Waals surface area contributed by atoms with E-state index < -0.39 is 6.17 Å². The standard InChI is InChI=1S/C23H24FN3O3/c1-12-11-30-20-10-19(28)15(9-16(20)23(12)29)17-5-6-21(26-25-17)27(2)18-8-13-3-4-14(7-13)22(18)24/h5-6,9-11,13-14,18,22,28H,3-4,7-8H2,1-2H3/t13-,14+,18+,22-/m1/s1. The van der Waals surface area contributed by atoms with Crippen molar-refractivity contribution in [1.29, 1.82) is 0 Å². The molecule has 7 heteroatoms. The maximum absolute atomic E-state index is 14.9. The van der Waals surface area contributed by atoms with Crippen LogP contribution in [0.3, 0.4) is 0 Å². The van der Waals surface area contributed by atoms with Gasteiger partial charge in [-0.05, 0) is 62.6 Å². The molecule has 0 unspecified atom stereocenters. The quantitative estimate of drug-likeness (QED) is 0.698. The molecule has 0 amide bonds. The van der Waals surface area contributed by atoms with E-state index in [1.165, 1.54) is 12.3 Å². The van der Waals surface area contributed by atoms with E-state index in [1.54, 1.807) is 25.1 Å². The van der Waals surface area contributed by atoms with Crippen LogP contribution in [0.5, 0.6) is 5.75 Å². The van der Waals surface area contributed by atoms with Gasteiger partial charge in [-0.25, -0.2) is 4.39 Å². The predicted molar refractivity (Wildman–Crippen MR) is 112 cm³/mol. The Morgan fingerprint density at radius 2 is 2.03 bits per heavy atom. The molecule has 0 radical (unpaired) electrons. The van der Waals surface area contributed by atoms with E-state index in [1.807, 2.05) is 11.9 Å². The number of hydrogen-bond acceptors (Lipinski definition) is 6. The summed E-state index contributed by atoms with van der Waals surface area (Å²) in [5.74, 6) is 1.32. The van der Waals surface area contributed by atoms with Gasteiger partial charge in [-0.2, -0.15) is 0 Å². The summed E-state index contributed by atoms with van der Waals surface area (Å²) < 4.78 is 20.3. The van der Waals surface area contributed by atoms with Gasteiger partial charge >= 0.3 is 0 Å². The summed E-state index contributed by atoms with van der Waals surface area (Å²) in [6.45, 7) is 1.68. The Morgan fingerprint density at radius 3 is 2.80 bits per heavy atom. The lowest BCUT2D eigenvalue weighted by Crippen LogP contribution is -2.46. The number of phenols is 1. The maximum atomic E-state index is 14.9. The van der Waals surface area contributed by atoms with E-state index in [-0.39, 0.29) is 23.1 Å². The third-order valence-electron chi connectivity index (χ3n) is 6.82. The Labute approximate surface area is 173 Å². The number of aromatic nitrogens is 2. The lowest BCUT2D eigenvalue weighted by Gasteiger charge is -2.38. The third-order valence-corrected chi connectivity index (χ3v) is 6.82. The molecule has 0 spiro atoms. The highest BCUT2D eigenvalue weighted by molar-refractivity contribution is 5.86. The van der Waals surface area contributed by atoms with Crippen LogP contribution in [0.4, 0.5) is 10.2 Å². The van der Waals surface area contributed by atoms with Crippen LogP contribution in [-0.4, -0.2) is 34.6 Å². The van der Waals surface area contributed by atoms with Crippen molar-refractivity contribution in [2.24, 2.45) is 11.8 Å². The highest BCUT2D eigenvalue weighted by Gasteiger charge is 2.44. The Bertz CT molecular complexity index is 1160. The largest absolute Gasteiger partial charge is 0.507 e. The molecule has 3 aromatic rings. The first kappa shape index (κ1) is 19.0. The Balaban J connectivity index is 1.46. The van der Waals surface area contributed by atoms with Gasteiger partial charge < -0.3 is 14.4 Å². The molecule has 2 bridgehead atoms. The van der Waals surface area contributed by atoms with E-state index in [9.17, 15) is 14.3 Å². The van der Waals surface area contributed by atoms with Crippen LogP contribution in [-0.2, 0) is 0 Å². The van der Waals surface area contributed by atoms with Gasteiger partial charge in [0.1, 0.15) is 17.5 Å². The third kappa shape index (κ3) is 3.04. The Kier molecular flexibility index (Phi) is 4.49. The first-order valence-electron chi connectivity index (χ1n) is 10.4. The minimum atomic E-state index is -0.845. The number of benzene rings is 1. The van der Waals surface area contributed by atoms with Crippen LogP contribution >= 0.6 is 0 Å². The van der Waals surface area contributed by atoms with Crippen LogP contribution < -0.4 is 10.3 Å². The molecular formula is C23H24FN3O3. The maximum Gasteiger partial charge on any atom is 0.195 e. The van der Waals surface area contributed by atoms with Crippen molar-refractivity contribution in [1.82, 2.24) is 10.2 Å². The SMILES string of the molecule is Cc1coc2cc(O)c(-c3ccc(N(C)[C@H]4C[C@@H]5CC[C@@H](C5)[C@H]4F)nn3)cc2c1=O. The monoisotopic (exact) mass is 409 g/mol. The zero-order valence-electron chi connectivity index (χ0n) is 17.0. The number of alkyl halides is 1. The summed E-state index contributed by atoms with van der Waals surface area (Å²) in [4.78, 5) is 14.3. The number of nitrogens with zero attached hydrogens (tertiary/aromatic N) is 3. The van der Waals surface area contributed by atoms with Crippen molar-refractivity contribution in [3.8, 4) is 17.0 Å². The van der Waals surface area contributed by atoms with Crippen molar-refractivity contribution in [3.05, 3.63) is 46.3 Å². The summed E-state index contributed by atoms with van der Waals surface area (Å²) in [6.07, 6.45) is 4.49. The topological polar surface area (TPSA) is 79.5 Å². The molecule has 2 heterocycles. The van der Waals surface area contributed by atoms with Crippen LogP contribution in [0.25, 0.3) is 22.2 Å². The molecule has 2 aromatic heterocycles. The van der Waals surface area contributed by atoms with Crippen LogP contribution in [0.2, 0.25) is 0 Å². The van der Waals surface area contributed by atoms with E-state index in [4.69, 9.17) is 4.42 Å². The van der Waals surface area contributed by atoms with Gasteiger partial charge in [0, 0.05) is 24.2 Å². The van der Waals surface area contributed by atoms with Gasteiger partial charge in [0.05, 0.1) is 23.4 Å². The fourth-order valence-corrected chi connectivity index (χ4v) is 5.07. The summed E-state index contributed by atoms with van der Waals surface area (Å²) in [6, 6.07) is 6.33. The van der Waals surface area contributed by atoms with Crippen molar-refractivity contribution in [2.45, 2.75) is 44.8 Å². The molecule has 1 N–H and O–H groups in total. The molecular weight excluding hydrogens is 385 g/mol. The van der Waals surface area contributed by atoms with E-state index in [0.717, 1.165) is 25.7 Å². The molecule has 30 heavy (non-hydrogen) atoms. The minimum Gasteiger partial charge on any atom is -0.507 e. The smallest absolute Gasteiger partial charge is 0.195 e. The predicted octanol–water partition coefficient (Wildman–Crippen LogP) is 4.23. The molecule has 2 saturated carbocycles. The molecule has 156 valence electrons. The van der Waals surface area contributed by atoms with Crippen molar-refractivity contribution in [3.63, 3.8) is 0 Å². The van der Waals surface area contributed by atoms with Gasteiger partial charge in [-0.15, -0.1) is 10.2 Å². The molecule has 2 fully saturated rings. The summed E-state index contributed by atoms with van der Waals surface area (Å²) in [5, 5.41) is 19.3. The second-order valence-electron chi connectivity index (χ2n) is 8.69. The van der Waals surface area contributed by atoms with E-state index >= 15 is 0 Å². The average Bonchev–Trinajstić information content (AvgIpc) is 3.16. The van der Waals surface area contributed by atoms with Gasteiger partial charge in [-0.1, -0.05) is 0 Å². The van der Waals surface area contributed by atoms with Crippen molar-refractivity contribution >= 4 is 16.8 Å².